The van der Waals surface area contributed by atoms with E-state index < -0.39 is 23.1 Å². The predicted molar refractivity (Wildman–Crippen MR) is 76.4 cm³/mol. The number of rotatable bonds is 1. The molecule has 1 aromatic heterocycles. The van der Waals surface area contributed by atoms with E-state index >= 15 is 0 Å². The second kappa shape index (κ2) is 4.86. The molecule has 7 heteroatoms. The van der Waals surface area contributed by atoms with Gasteiger partial charge in [-0.3, -0.25) is 9.36 Å². The van der Waals surface area contributed by atoms with Crippen molar-refractivity contribution >= 4 is 5.69 Å². The Labute approximate surface area is 124 Å². The van der Waals surface area contributed by atoms with Crippen LogP contribution in [0.4, 0.5) is 18.9 Å². The van der Waals surface area contributed by atoms with Crippen LogP contribution in [0, 0.1) is 0 Å². The molecule has 3 rings (SSSR count). The number of nitrogens with two attached hydrogens (primary N) is 1. The molecule has 1 aliphatic carbocycles. The summed E-state index contributed by atoms with van der Waals surface area (Å²) in [5.74, 6) is -0.0266. The van der Waals surface area contributed by atoms with E-state index in [1.807, 2.05) is 6.07 Å². The van der Waals surface area contributed by atoms with E-state index in [1.54, 1.807) is 12.1 Å². The van der Waals surface area contributed by atoms with Crippen LogP contribution in [0.1, 0.15) is 23.2 Å². The average Bonchev–Trinajstić information content (AvgIpc) is 2.91. The summed E-state index contributed by atoms with van der Waals surface area (Å²) in [7, 11) is 1.37. The minimum atomic E-state index is -4.76. The molecule has 0 fully saturated rings. The van der Waals surface area contributed by atoms with Gasteiger partial charge in [-0.2, -0.15) is 13.2 Å². The highest BCUT2D eigenvalue weighted by molar-refractivity contribution is 5.61. The van der Waals surface area contributed by atoms with Gasteiger partial charge in [-0.25, -0.2) is 4.98 Å². The Morgan fingerprint density at radius 1 is 1.23 bits per heavy atom. The molecular formula is C15H14F3N3O. The van der Waals surface area contributed by atoms with E-state index in [4.69, 9.17) is 5.73 Å². The fraction of sp³-hybridized carbons (Fsp3) is 0.333. The summed E-state index contributed by atoms with van der Waals surface area (Å²) < 4.78 is 40.0. The molecule has 2 aromatic rings. The van der Waals surface area contributed by atoms with Gasteiger partial charge in [-0.1, -0.05) is 12.1 Å². The lowest BCUT2D eigenvalue weighted by Gasteiger charge is -2.14. The quantitative estimate of drug-likeness (QED) is 0.880. The number of nitrogens with zero attached hydrogens (tertiary/aromatic N) is 2. The van der Waals surface area contributed by atoms with E-state index in [9.17, 15) is 18.0 Å². The number of anilines is 1. The van der Waals surface area contributed by atoms with Gasteiger partial charge in [0.1, 0.15) is 11.5 Å². The van der Waals surface area contributed by atoms with Crippen LogP contribution in [0.2, 0.25) is 0 Å². The van der Waals surface area contributed by atoms with Gasteiger partial charge in [0, 0.05) is 12.6 Å². The van der Waals surface area contributed by atoms with Crippen molar-refractivity contribution < 1.29 is 13.2 Å². The van der Waals surface area contributed by atoms with Crippen LogP contribution in [0.5, 0.6) is 0 Å². The number of halogens is 3. The van der Waals surface area contributed by atoms with Crippen molar-refractivity contribution in [1.29, 1.82) is 0 Å². The third-order valence-corrected chi connectivity index (χ3v) is 3.95. The molecule has 1 aromatic carbocycles. The highest BCUT2D eigenvalue weighted by Gasteiger charge is 2.37. The molecule has 0 radical (unpaired) electrons. The molecule has 2 N–H and O–H groups in total. The highest BCUT2D eigenvalue weighted by atomic mass is 19.4. The predicted octanol–water partition coefficient (Wildman–Crippen LogP) is 2.54. The van der Waals surface area contributed by atoms with Crippen molar-refractivity contribution in [2.24, 2.45) is 7.05 Å². The summed E-state index contributed by atoms with van der Waals surface area (Å²) in [6.07, 6.45) is -1.88. The lowest BCUT2D eigenvalue weighted by Crippen LogP contribution is -2.28. The maximum absolute atomic E-state index is 13.0. The van der Waals surface area contributed by atoms with Crippen molar-refractivity contribution in [3.05, 3.63) is 45.4 Å². The van der Waals surface area contributed by atoms with E-state index in [0.29, 0.717) is 5.56 Å². The Hall–Kier alpha value is -2.31. The van der Waals surface area contributed by atoms with Crippen LogP contribution < -0.4 is 11.3 Å². The van der Waals surface area contributed by atoms with Crippen molar-refractivity contribution in [1.82, 2.24) is 9.55 Å². The van der Waals surface area contributed by atoms with Gasteiger partial charge in [0.15, 0.2) is 5.69 Å². The fourth-order valence-electron chi connectivity index (χ4n) is 2.80. The lowest BCUT2D eigenvalue weighted by atomic mass is 10.1. The first kappa shape index (κ1) is 14.6. The largest absolute Gasteiger partial charge is 0.435 e. The summed E-state index contributed by atoms with van der Waals surface area (Å²) in [5.41, 5.74) is 4.98. The number of hydrogen-bond acceptors (Lipinski definition) is 3. The minimum absolute atomic E-state index is 0.0266. The monoisotopic (exact) mass is 309 g/mol. The molecule has 1 aliphatic rings. The van der Waals surface area contributed by atoms with E-state index in [1.165, 1.54) is 12.6 Å². The van der Waals surface area contributed by atoms with Crippen molar-refractivity contribution in [2.45, 2.75) is 25.4 Å². The zero-order valence-electron chi connectivity index (χ0n) is 11.9. The molecule has 1 heterocycles. The van der Waals surface area contributed by atoms with E-state index in [-0.39, 0.29) is 5.82 Å². The molecule has 0 amide bonds. The number of benzene rings is 1. The van der Waals surface area contributed by atoms with Gasteiger partial charge >= 0.3 is 6.18 Å². The third-order valence-electron chi connectivity index (χ3n) is 3.95. The van der Waals surface area contributed by atoms with Gasteiger partial charge in [0.25, 0.3) is 5.56 Å². The number of alkyl halides is 3. The second-order valence-electron chi connectivity index (χ2n) is 5.40. The molecule has 0 unspecified atom stereocenters. The third kappa shape index (κ3) is 2.26. The number of fused-ring (bicyclic) bond motifs is 1. The lowest BCUT2D eigenvalue weighted by molar-refractivity contribution is -0.140. The summed E-state index contributed by atoms with van der Waals surface area (Å²) in [6, 6.07) is 5.39. The Morgan fingerprint density at radius 2 is 1.91 bits per heavy atom. The molecular weight excluding hydrogens is 295 g/mol. The maximum Gasteiger partial charge on any atom is 0.435 e. The maximum atomic E-state index is 13.0. The number of nitrogen functional groups attached to an aromatic ring is 1. The SMILES string of the molecule is Cn1c(-c2ccc3c(c2)CCC3)nc(C(F)(F)F)c(N)c1=O. The summed E-state index contributed by atoms with van der Waals surface area (Å²) in [4.78, 5) is 15.6. The first-order valence-corrected chi connectivity index (χ1v) is 6.85. The average molecular weight is 309 g/mol. The van der Waals surface area contributed by atoms with Crippen LogP contribution in [-0.4, -0.2) is 9.55 Å². The zero-order valence-corrected chi connectivity index (χ0v) is 11.9. The van der Waals surface area contributed by atoms with Gasteiger partial charge in [0.05, 0.1) is 0 Å². The molecule has 0 saturated carbocycles. The Bertz CT molecular complexity index is 809. The zero-order chi connectivity index (χ0) is 16.1. The minimum Gasteiger partial charge on any atom is -0.392 e. The molecule has 0 spiro atoms. The summed E-state index contributed by atoms with van der Waals surface area (Å²) >= 11 is 0. The number of aryl methyl sites for hydroxylation is 2. The molecule has 0 atom stereocenters. The highest BCUT2D eigenvalue weighted by Crippen LogP contribution is 2.33. The first-order valence-electron chi connectivity index (χ1n) is 6.85. The van der Waals surface area contributed by atoms with Crippen LogP contribution in [0.25, 0.3) is 11.4 Å². The number of aromatic nitrogens is 2. The van der Waals surface area contributed by atoms with Gasteiger partial charge in [-0.15, -0.1) is 0 Å². The summed E-state index contributed by atoms with van der Waals surface area (Å²) in [5, 5.41) is 0. The topological polar surface area (TPSA) is 60.9 Å². The van der Waals surface area contributed by atoms with E-state index in [0.717, 1.165) is 29.4 Å². The van der Waals surface area contributed by atoms with Crippen molar-refractivity contribution in [3.63, 3.8) is 0 Å². The van der Waals surface area contributed by atoms with Crippen LogP contribution >= 0.6 is 0 Å². The summed E-state index contributed by atoms with van der Waals surface area (Å²) in [6.45, 7) is 0. The Morgan fingerprint density at radius 3 is 2.59 bits per heavy atom. The molecule has 0 bridgehead atoms. The van der Waals surface area contributed by atoms with E-state index in [2.05, 4.69) is 4.98 Å². The van der Waals surface area contributed by atoms with Crippen LogP contribution in [-0.2, 0) is 26.1 Å². The molecule has 4 nitrogen and oxygen atoms in total. The first-order chi connectivity index (χ1) is 10.3. The standard InChI is InChI=1S/C15H14F3N3O/c1-21-13(10-6-5-8-3-2-4-9(8)7-10)20-12(15(16,17)18)11(19)14(21)22/h5-7H,2-4,19H2,1H3. The van der Waals surface area contributed by atoms with Crippen molar-refractivity contribution in [2.75, 3.05) is 5.73 Å². The number of hydrogen-bond donors (Lipinski definition) is 1. The molecule has 0 saturated heterocycles. The Balaban J connectivity index is 2.23. The van der Waals surface area contributed by atoms with Crippen LogP contribution in [0.3, 0.4) is 0 Å². The molecule has 0 aliphatic heterocycles. The Kier molecular flexibility index (Phi) is 3.23. The normalized spacial score (nSPS) is 14.2. The smallest absolute Gasteiger partial charge is 0.392 e. The molecule has 116 valence electrons. The fourth-order valence-corrected chi connectivity index (χ4v) is 2.80. The molecule has 22 heavy (non-hydrogen) atoms. The van der Waals surface area contributed by atoms with Gasteiger partial charge in [0.2, 0.25) is 0 Å². The van der Waals surface area contributed by atoms with Gasteiger partial charge in [-0.05, 0) is 36.5 Å². The van der Waals surface area contributed by atoms with Crippen LogP contribution in [0.15, 0.2) is 23.0 Å². The van der Waals surface area contributed by atoms with Gasteiger partial charge < -0.3 is 5.73 Å². The van der Waals surface area contributed by atoms with Crippen molar-refractivity contribution in [3.8, 4) is 11.4 Å². The second-order valence-corrected chi connectivity index (χ2v) is 5.40.